The van der Waals surface area contributed by atoms with Gasteiger partial charge in [0.1, 0.15) is 0 Å². The maximum Gasteiger partial charge on any atom is 0.524 e. The van der Waals surface area contributed by atoms with Crippen molar-refractivity contribution in [3.05, 3.63) is 54.8 Å². The second-order valence-corrected chi connectivity index (χ2v) is 4.09. The van der Waals surface area contributed by atoms with E-state index in [1.54, 1.807) is 30.3 Å². The molecule has 0 atom stereocenters. The first kappa shape index (κ1) is 16.1. The molecule has 0 aliphatic carbocycles. The molecule has 0 saturated heterocycles. The van der Waals surface area contributed by atoms with Crippen molar-refractivity contribution in [1.82, 2.24) is 0 Å². The summed E-state index contributed by atoms with van der Waals surface area (Å²) in [5, 5.41) is 8.52. The van der Waals surface area contributed by atoms with Crippen LogP contribution in [0.15, 0.2) is 43.7 Å². The molecule has 0 aliphatic rings. The highest BCUT2D eigenvalue weighted by molar-refractivity contribution is 7.46. The van der Waals surface area contributed by atoms with Gasteiger partial charge in [-0.25, -0.2) is 9.36 Å². The van der Waals surface area contributed by atoms with Crippen LogP contribution in [-0.2, 0) is 9.09 Å². The van der Waals surface area contributed by atoms with Crippen LogP contribution < -0.4 is 0 Å². The Labute approximate surface area is 104 Å². The molecule has 0 bridgehead atoms. The molecule has 1 aromatic carbocycles. The summed E-state index contributed by atoms with van der Waals surface area (Å²) in [4.78, 5) is 26.0. The molecule has 0 unspecified atom stereocenters. The molecule has 0 amide bonds. The highest BCUT2D eigenvalue weighted by Gasteiger charge is 2.10. The number of hydrogen-bond donors (Lipinski definition) is 3. The number of phosphoric acid groups is 1. The van der Waals surface area contributed by atoms with Crippen molar-refractivity contribution in [3.8, 4) is 0 Å². The van der Waals surface area contributed by atoms with Gasteiger partial charge in [0.2, 0.25) is 0 Å². The maximum atomic E-state index is 10.4. The minimum absolute atomic E-state index is 0.301. The molecular weight excluding hydrogens is 259 g/mol. The summed E-state index contributed by atoms with van der Waals surface area (Å²) in [6, 6.07) is 6.55. The Bertz CT molecular complexity index is 459. The van der Waals surface area contributed by atoms with Crippen molar-refractivity contribution < 1.29 is 28.8 Å². The molecule has 0 radical (unpaired) electrons. The average molecular weight is 272 g/mol. The Morgan fingerprint density at radius 1 is 1.22 bits per heavy atom. The van der Waals surface area contributed by atoms with Crippen molar-refractivity contribution in [2.24, 2.45) is 0 Å². The van der Waals surface area contributed by atoms with Gasteiger partial charge < -0.3 is 9.63 Å². The van der Waals surface area contributed by atoms with Crippen LogP contribution in [0.5, 0.6) is 0 Å². The lowest BCUT2D eigenvalue weighted by Crippen LogP contribution is -1.94. The van der Waals surface area contributed by atoms with Crippen LogP contribution in [0.1, 0.15) is 15.9 Å². The van der Waals surface area contributed by atoms with Crippen LogP contribution >= 0.6 is 7.82 Å². The molecule has 3 N–H and O–H groups in total. The third kappa shape index (κ3) is 7.40. The zero-order chi connectivity index (χ0) is 14.2. The lowest BCUT2D eigenvalue weighted by atomic mass is 10.1. The van der Waals surface area contributed by atoms with Crippen LogP contribution in [0, 0.1) is 0 Å². The van der Waals surface area contributed by atoms with E-state index in [0.717, 1.165) is 5.56 Å². The fourth-order valence-corrected chi connectivity index (χ4v) is 1.05. The number of carbonyl (C=O) groups is 1. The van der Waals surface area contributed by atoms with Gasteiger partial charge >= 0.3 is 13.8 Å². The summed E-state index contributed by atoms with van der Waals surface area (Å²) >= 11 is 0. The lowest BCUT2D eigenvalue weighted by molar-refractivity contribution is 0.0697. The fourth-order valence-electron chi connectivity index (χ4n) is 0.859. The summed E-state index contributed by atoms with van der Waals surface area (Å²) in [6.07, 6.45) is 2.37. The number of benzene rings is 1. The standard InChI is InChI=1S/C9H8O2.C2H5O4P/c1-2-7-3-5-8(6-4-7)9(10)11;1-2-6-7(3,4)5/h2-6H,1H2,(H,10,11);2H,1H2,(H2,3,4,5). The van der Waals surface area contributed by atoms with Crippen molar-refractivity contribution in [1.29, 1.82) is 0 Å². The van der Waals surface area contributed by atoms with Gasteiger partial charge in [-0.05, 0) is 17.7 Å². The summed E-state index contributed by atoms with van der Waals surface area (Å²) in [5.41, 5.74) is 1.23. The molecule has 0 fully saturated rings. The van der Waals surface area contributed by atoms with E-state index in [-0.39, 0.29) is 0 Å². The van der Waals surface area contributed by atoms with E-state index in [9.17, 15) is 9.36 Å². The zero-order valence-corrected chi connectivity index (χ0v) is 10.3. The quantitative estimate of drug-likeness (QED) is 0.573. The molecule has 6 nitrogen and oxygen atoms in total. The molecule has 0 spiro atoms. The molecule has 0 heterocycles. The Morgan fingerprint density at radius 2 is 1.72 bits per heavy atom. The largest absolute Gasteiger partial charge is 0.524 e. The third-order valence-corrected chi connectivity index (χ3v) is 2.03. The normalized spacial score (nSPS) is 9.67. The number of hydrogen-bond acceptors (Lipinski definition) is 3. The maximum absolute atomic E-state index is 10.4. The molecular formula is C11H13O6P. The fraction of sp³-hybridized carbons (Fsp3) is 0. The molecule has 1 aromatic rings. The van der Waals surface area contributed by atoms with E-state index < -0.39 is 13.8 Å². The average Bonchev–Trinajstić information content (AvgIpc) is 2.28. The van der Waals surface area contributed by atoms with Crippen molar-refractivity contribution in [2.45, 2.75) is 0 Å². The number of rotatable bonds is 4. The monoisotopic (exact) mass is 272 g/mol. The molecule has 98 valence electrons. The van der Waals surface area contributed by atoms with Gasteiger partial charge in [-0.1, -0.05) is 31.4 Å². The highest BCUT2D eigenvalue weighted by atomic mass is 31.2. The summed E-state index contributed by atoms with van der Waals surface area (Å²) < 4.78 is 13.3. The first-order chi connectivity index (χ1) is 8.30. The van der Waals surface area contributed by atoms with Gasteiger partial charge in [-0.15, -0.1) is 0 Å². The van der Waals surface area contributed by atoms with E-state index in [1.165, 1.54) is 0 Å². The topological polar surface area (TPSA) is 104 Å². The van der Waals surface area contributed by atoms with Crippen LogP contribution in [0.25, 0.3) is 6.08 Å². The van der Waals surface area contributed by atoms with Crippen LogP contribution in [0.3, 0.4) is 0 Å². The highest BCUT2D eigenvalue weighted by Crippen LogP contribution is 2.35. The molecule has 0 aromatic heterocycles. The molecule has 7 heteroatoms. The zero-order valence-electron chi connectivity index (χ0n) is 9.39. The molecule has 0 saturated carbocycles. The van der Waals surface area contributed by atoms with Crippen molar-refractivity contribution in [2.75, 3.05) is 0 Å². The van der Waals surface area contributed by atoms with E-state index in [2.05, 4.69) is 17.7 Å². The second-order valence-electron chi connectivity index (χ2n) is 2.89. The number of phosphoric ester groups is 1. The van der Waals surface area contributed by atoms with E-state index >= 15 is 0 Å². The minimum atomic E-state index is -4.28. The minimum Gasteiger partial charge on any atom is -0.478 e. The molecule has 18 heavy (non-hydrogen) atoms. The van der Waals surface area contributed by atoms with Gasteiger partial charge in [0.15, 0.2) is 0 Å². The van der Waals surface area contributed by atoms with Crippen molar-refractivity contribution in [3.63, 3.8) is 0 Å². The van der Waals surface area contributed by atoms with E-state index in [1.807, 2.05) is 0 Å². The Hall–Kier alpha value is -1.88. The summed E-state index contributed by atoms with van der Waals surface area (Å²) in [5.74, 6) is -0.902. The predicted octanol–water partition coefficient (Wildman–Crippen LogP) is 2.27. The first-order valence-corrected chi connectivity index (χ1v) is 6.14. The summed E-state index contributed by atoms with van der Waals surface area (Å²) in [6.45, 7) is 6.49. The lowest BCUT2D eigenvalue weighted by Gasteiger charge is -1.96. The van der Waals surface area contributed by atoms with Crippen molar-refractivity contribution >= 4 is 19.9 Å². The number of carboxylic acid groups (broad SMARTS) is 1. The van der Waals surface area contributed by atoms with Gasteiger partial charge in [0.25, 0.3) is 0 Å². The Kier molecular flexibility index (Phi) is 6.67. The van der Waals surface area contributed by atoms with E-state index in [4.69, 9.17) is 14.9 Å². The van der Waals surface area contributed by atoms with Gasteiger partial charge in [0.05, 0.1) is 11.8 Å². The summed E-state index contributed by atoms with van der Waals surface area (Å²) in [7, 11) is -4.28. The van der Waals surface area contributed by atoms with Crippen LogP contribution in [0.4, 0.5) is 0 Å². The van der Waals surface area contributed by atoms with Gasteiger partial charge in [-0.2, -0.15) is 0 Å². The molecule has 1 rings (SSSR count). The second kappa shape index (κ2) is 7.45. The Morgan fingerprint density at radius 3 is 1.94 bits per heavy atom. The van der Waals surface area contributed by atoms with E-state index in [0.29, 0.717) is 11.8 Å². The smallest absolute Gasteiger partial charge is 0.478 e. The van der Waals surface area contributed by atoms with Crippen LogP contribution in [-0.4, -0.2) is 20.9 Å². The number of carboxylic acids is 1. The number of aromatic carboxylic acids is 1. The SMILES string of the molecule is C=COP(=O)(O)O.C=Cc1ccc(C(=O)O)cc1. The Balaban J connectivity index is 0.000000360. The first-order valence-electron chi connectivity index (χ1n) is 4.61. The van der Waals surface area contributed by atoms with Gasteiger partial charge in [0, 0.05) is 0 Å². The van der Waals surface area contributed by atoms with Gasteiger partial charge in [-0.3, -0.25) is 9.79 Å². The molecule has 0 aliphatic heterocycles. The predicted molar refractivity (Wildman–Crippen MR) is 66.8 cm³/mol. The third-order valence-electron chi connectivity index (χ3n) is 1.61. The van der Waals surface area contributed by atoms with Crippen LogP contribution in [0.2, 0.25) is 0 Å².